The number of carbonyl (C=O) groups excluding carboxylic acids is 1. The fraction of sp³-hybridized carbons (Fsp3) is 0.400. The number of pyridine rings is 1. The molecule has 0 aliphatic rings. The molecule has 2 rings (SSSR count). The summed E-state index contributed by atoms with van der Waals surface area (Å²) in [5.41, 5.74) is 1.24. The predicted molar refractivity (Wildman–Crippen MR) is 80.2 cm³/mol. The first-order chi connectivity index (χ1) is 10.1. The zero-order chi connectivity index (χ0) is 15.2. The largest absolute Gasteiger partial charge is 0.361 e. The molecule has 0 aliphatic heterocycles. The van der Waals surface area contributed by atoms with E-state index in [1.54, 1.807) is 19.2 Å². The number of nitrogens with one attached hydrogen (secondary N) is 1. The number of hydrogen-bond donors (Lipinski definition) is 1. The van der Waals surface area contributed by atoms with Gasteiger partial charge in [0.1, 0.15) is 11.6 Å². The highest BCUT2D eigenvalue weighted by Crippen LogP contribution is 2.11. The Morgan fingerprint density at radius 3 is 2.62 bits per heavy atom. The molecule has 0 unspecified atom stereocenters. The van der Waals surface area contributed by atoms with Crippen molar-refractivity contribution < 1.29 is 9.32 Å². The molecule has 0 atom stereocenters. The van der Waals surface area contributed by atoms with Crippen LogP contribution in [0.15, 0.2) is 28.9 Å². The third-order valence-electron chi connectivity index (χ3n) is 3.21. The molecule has 1 N–H and O–H groups in total. The maximum atomic E-state index is 11.8. The molecule has 0 aliphatic carbocycles. The number of carbonyl (C=O) groups is 1. The van der Waals surface area contributed by atoms with Crippen molar-refractivity contribution in [3.8, 4) is 0 Å². The number of nitrogens with zero attached hydrogens (tertiary/aromatic N) is 3. The molecule has 0 radical (unpaired) electrons. The maximum Gasteiger partial charge on any atom is 0.273 e. The Labute approximate surface area is 124 Å². The van der Waals surface area contributed by atoms with Crippen LogP contribution in [0.3, 0.4) is 0 Å². The van der Waals surface area contributed by atoms with E-state index >= 15 is 0 Å². The third kappa shape index (κ3) is 3.81. The Balaban J connectivity index is 1.93. The van der Waals surface area contributed by atoms with Gasteiger partial charge < -0.3 is 14.7 Å². The van der Waals surface area contributed by atoms with Gasteiger partial charge in [-0.3, -0.25) is 4.79 Å². The van der Waals surface area contributed by atoms with E-state index in [1.165, 1.54) is 0 Å². The van der Waals surface area contributed by atoms with Crippen LogP contribution in [0.25, 0.3) is 0 Å². The SMILES string of the molecule is CCN(CC)c1ccc(CNC(=O)c2cc(C)on2)cn1. The van der Waals surface area contributed by atoms with Gasteiger partial charge in [-0.15, -0.1) is 0 Å². The summed E-state index contributed by atoms with van der Waals surface area (Å²) in [6.45, 7) is 8.20. The highest BCUT2D eigenvalue weighted by Gasteiger charge is 2.10. The lowest BCUT2D eigenvalue weighted by molar-refractivity contribution is 0.0942. The molecule has 0 saturated heterocycles. The van der Waals surface area contributed by atoms with Gasteiger partial charge in [-0.25, -0.2) is 4.98 Å². The van der Waals surface area contributed by atoms with Crippen molar-refractivity contribution in [1.82, 2.24) is 15.5 Å². The van der Waals surface area contributed by atoms with Crippen LogP contribution in [0.1, 0.15) is 35.7 Å². The minimum atomic E-state index is -0.250. The first-order valence-corrected chi connectivity index (χ1v) is 7.05. The molecule has 2 aromatic rings. The molecule has 0 fully saturated rings. The lowest BCUT2D eigenvalue weighted by Gasteiger charge is -2.19. The van der Waals surface area contributed by atoms with E-state index < -0.39 is 0 Å². The summed E-state index contributed by atoms with van der Waals surface area (Å²) < 4.78 is 4.88. The summed E-state index contributed by atoms with van der Waals surface area (Å²) in [7, 11) is 0. The number of anilines is 1. The summed E-state index contributed by atoms with van der Waals surface area (Å²) in [4.78, 5) is 18.4. The molecule has 6 nitrogen and oxygen atoms in total. The summed E-state index contributed by atoms with van der Waals surface area (Å²) in [6, 6.07) is 5.54. The van der Waals surface area contributed by atoms with Gasteiger partial charge in [0, 0.05) is 31.9 Å². The van der Waals surface area contributed by atoms with Gasteiger partial charge in [0.05, 0.1) is 0 Å². The monoisotopic (exact) mass is 288 g/mol. The van der Waals surface area contributed by atoms with E-state index in [0.29, 0.717) is 18.0 Å². The molecule has 2 heterocycles. The Morgan fingerprint density at radius 1 is 1.33 bits per heavy atom. The smallest absolute Gasteiger partial charge is 0.273 e. The molecule has 0 spiro atoms. The van der Waals surface area contributed by atoms with Crippen LogP contribution >= 0.6 is 0 Å². The van der Waals surface area contributed by atoms with Crippen LogP contribution in [0, 0.1) is 6.92 Å². The molecular weight excluding hydrogens is 268 g/mol. The fourth-order valence-electron chi connectivity index (χ4n) is 2.00. The van der Waals surface area contributed by atoms with Gasteiger partial charge in [-0.1, -0.05) is 11.2 Å². The standard InChI is InChI=1S/C15H20N4O2/c1-4-19(5-2)14-7-6-12(9-16-14)10-17-15(20)13-8-11(3)21-18-13/h6-9H,4-5,10H2,1-3H3,(H,17,20). The van der Waals surface area contributed by atoms with Crippen LogP contribution < -0.4 is 10.2 Å². The Morgan fingerprint density at radius 2 is 2.10 bits per heavy atom. The van der Waals surface area contributed by atoms with Crippen LogP contribution in [-0.2, 0) is 6.54 Å². The molecular formula is C15H20N4O2. The molecule has 0 aromatic carbocycles. The average Bonchev–Trinajstić information content (AvgIpc) is 2.94. The average molecular weight is 288 g/mol. The van der Waals surface area contributed by atoms with E-state index in [2.05, 4.69) is 34.2 Å². The number of aromatic nitrogens is 2. The van der Waals surface area contributed by atoms with E-state index in [9.17, 15) is 4.79 Å². The second kappa shape index (κ2) is 6.88. The van der Waals surface area contributed by atoms with Crippen molar-refractivity contribution in [2.75, 3.05) is 18.0 Å². The zero-order valence-electron chi connectivity index (χ0n) is 12.6. The zero-order valence-corrected chi connectivity index (χ0v) is 12.6. The summed E-state index contributed by atoms with van der Waals surface area (Å²) in [6.07, 6.45) is 1.78. The topological polar surface area (TPSA) is 71.3 Å². The molecule has 2 aromatic heterocycles. The van der Waals surface area contributed by atoms with Crippen LogP contribution in [0.2, 0.25) is 0 Å². The third-order valence-corrected chi connectivity index (χ3v) is 3.21. The molecule has 6 heteroatoms. The fourth-order valence-corrected chi connectivity index (χ4v) is 2.00. The second-order valence-electron chi connectivity index (χ2n) is 4.70. The summed E-state index contributed by atoms with van der Waals surface area (Å²) in [5.74, 6) is 1.31. The van der Waals surface area contributed by atoms with Crippen molar-refractivity contribution in [2.24, 2.45) is 0 Å². The van der Waals surface area contributed by atoms with Gasteiger partial charge >= 0.3 is 0 Å². The Bertz CT molecular complexity index is 588. The highest BCUT2D eigenvalue weighted by molar-refractivity contribution is 5.92. The van der Waals surface area contributed by atoms with E-state index in [4.69, 9.17) is 4.52 Å². The summed E-state index contributed by atoms with van der Waals surface area (Å²) >= 11 is 0. The molecule has 0 saturated carbocycles. The predicted octanol–water partition coefficient (Wildman–Crippen LogP) is 2.15. The molecule has 0 bridgehead atoms. The first kappa shape index (κ1) is 15.0. The Kier molecular flexibility index (Phi) is 4.92. The lowest BCUT2D eigenvalue weighted by atomic mass is 10.2. The molecule has 112 valence electrons. The minimum Gasteiger partial charge on any atom is -0.361 e. The lowest BCUT2D eigenvalue weighted by Crippen LogP contribution is -2.24. The molecule has 1 amide bonds. The van der Waals surface area contributed by atoms with Crippen LogP contribution in [0.5, 0.6) is 0 Å². The van der Waals surface area contributed by atoms with Gasteiger partial charge in [0.15, 0.2) is 5.69 Å². The minimum absolute atomic E-state index is 0.250. The number of rotatable bonds is 6. The van der Waals surface area contributed by atoms with Gasteiger partial charge in [-0.05, 0) is 32.4 Å². The van der Waals surface area contributed by atoms with E-state index in [1.807, 2.05) is 12.1 Å². The number of aryl methyl sites for hydroxylation is 1. The quantitative estimate of drug-likeness (QED) is 0.882. The van der Waals surface area contributed by atoms with Gasteiger partial charge in [-0.2, -0.15) is 0 Å². The first-order valence-electron chi connectivity index (χ1n) is 7.05. The van der Waals surface area contributed by atoms with Crippen molar-refractivity contribution in [3.63, 3.8) is 0 Å². The Hall–Kier alpha value is -2.37. The van der Waals surface area contributed by atoms with Crippen molar-refractivity contribution >= 4 is 11.7 Å². The summed E-state index contributed by atoms with van der Waals surface area (Å²) in [5, 5.41) is 6.47. The van der Waals surface area contributed by atoms with Gasteiger partial charge in [0.25, 0.3) is 5.91 Å². The highest BCUT2D eigenvalue weighted by atomic mass is 16.5. The molecule has 21 heavy (non-hydrogen) atoms. The van der Waals surface area contributed by atoms with Crippen LogP contribution in [-0.4, -0.2) is 29.1 Å². The second-order valence-corrected chi connectivity index (χ2v) is 4.70. The maximum absolute atomic E-state index is 11.8. The number of amides is 1. The van der Waals surface area contributed by atoms with Crippen LogP contribution in [0.4, 0.5) is 5.82 Å². The number of hydrogen-bond acceptors (Lipinski definition) is 5. The van der Waals surface area contributed by atoms with E-state index in [0.717, 1.165) is 24.5 Å². The normalized spacial score (nSPS) is 10.4. The van der Waals surface area contributed by atoms with Crippen molar-refractivity contribution in [1.29, 1.82) is 0 Å². The van der Waals surface area contributed by atoms with Crippen molar-refractivity contribution in [3.05, 3.63) is 41.4 Å². The van der Waals surface area contributed by atoms with Crippen molar-refractivity contribution in [2.45, 2.75) is 27.3 Å². The van der Waals surface area contributed by atoms with E-state index in [-0.39, 0.29) is 5.91 Å². The van der Waals surface area contributed by atoms with Gasteiger partial charge in [0.2, 0.25) is 0 Å².